The summed E-state index contributed by atoms with van der Waals surface area (Å²) in [5.74, 6) is 0. The third-order valence-electron chi connectivity index (χ3n) is 4.10. The molecule has 4 rings (SSSR count). The van der Waals surface area contributed by atoms with Gasteiger partial charge in [0.15, 0.2) is 9.84 Å². The first-order valence-electron chi connectivity index (χ1n) is 7.70. The molecule has 0 N–H and O–H groups in total. The van der Waals surface area contributed by atoms with E-state index in [0.717, 1.165) is 28.0 Å². The molecule has 0 unspecified atom stereocenters. The van der Waals surface area contributed by atoms with Crippen LogP contribution in [0.15, 0.2) is 78.2 Å². The summed E-state index contributed by atoms with van der Waals surface area (Å²) in [6.45, 7) is 0. The van der Waals surface area contributed by atoms with Gasteiger partial charge in [0, 0.05) is 30.4 Å². The number of hydrogen-bond acceptors (Lipinski definition) is 4. The highest BCUT2D eigenvalue weighted by Crippen LogP contribution is 2.25. The Morgan fingerprint density at radius 3 is 2.20 bits per heavy atom. The predicted octanol–water partition coefficient (Wildman–Crippen LogP) is 3.47. The number of aromatic nitrogens is 3. The van der Waals surface area contributed by atoms with Gasteiger partial charge in [-0.25, -0.2) is 13.4 Å². The summed E-state index contributed by atoms with van der Waals surface area (Å²) in [6.07, 6.45) is 8.55. The van der Waals surface area contributed by atoms with Crippen molar-refractivity contribution in [2.45, 2.75) is 4.90 Å². The lowest BCUT2D eigenvalue weighted by molar-refractivity contribution is 0.602. The monoisotopic (exact) mass is 349 g/mol. The van der Waals surface area contributed by atoms with Crippen LogP contribution in [-0.4, -0.2) is 29.0 Å². The highest BCUT2D eigenvalue weighted by Gasteiger charge is 2.10. The normalized spacial score (nSPS) is 11.7. The quantitative estimate of drug-likeness (QED) is 0.568. The van der Waals surface area contributed by atoms with Crippen LogP contribution in [0.3, 0.4) is 0 Å². The van der Waals surface area contributed by atoms with Crippen LogP contribution >= 0.6 is 0 Å². The lowest BCUT2D eigenvalue weighted by Gasteiger charge is -2.06. The highest BCUT2D eigenvalue weighted by atomic mass is 32.2. The minimum absolute atomic E-state index is 0.308. The van der Waals surface area contributed by atoms with Crippen molar-refractivity contribution in [3.8, 4) is 22.4 Å². The van der Waals surface area contributed by atoms with Gasteiger partial charge in [0.05, 0.1) is 16.8 Å². The van der Waals surface area contributed by atoms with Gasteiger partial charge >= 0.3 is 0 Å². The molecule has 25 heavy (non-hydrogen) atoms. The second kappa shape index (κ2) is 5.82. The minimum Gasteiger partial charge on any atom is -0.299 e. The molecule has 0 saturated carbocycles. The first-order valence-corrected chi connectivity index (χ1v) is 9.59. The molecule has 0 aliphatic carbocycles. The van der Waals surface area contributed by atoms with Gasteiger partial charge in [-0.1, -0.05) is 12.1 Å². The minimum atomic E-state index is -3.20. The molecule has 4 aromatic rings. The van der Waals surface area contributed by atoms with Crippen molar-refractivity contribution < 1.29 is 8.42 Å². The fraction of sp³-hybridized carbons (Fsp3) is 0.0526. The Balaban J connectivity index is 1.83. The number of nitrogens with zero attached hydrogens (tertiary/aromatic N) is 3. The number of hydrogen-bond donors (Lipinski definition) is 0. The summed E-state index contributed by atoms with van der Waals surface area (Å²) in [6, 6.07) is 14.8. The van der Waals surface area contributed by atoms with E-state index in [1.54, 1.807) is 42.9 Å². The second-order valence-corrected chi connectivity index (χ2v) is 7.84. The largest absolute Gasteiger partial charge is 0.299 e. The summed E-state index contributed by atoms with van der Waals surface area (Å²) in [5, 5.41) is 0. The number of imidazole rings is 1. The smallest absolute Gasteiger partial charge is 0.175 e. The first-order chi connectivity index (χ1) is 12.0. The molecule has 1 aromatic carbocycles. The Hall–Kier alpha value is -2.99. The van der Waals surface area contributed by atoms with Crippen molar-refractivity contribution in [1.29, 1.82) is 0 Å². The molecule has 0 aliphatic heterocycles. The van der Waals surface area contributed by atoms with Crippen molar-refractivity contribution in [3.63, 3.8) is 0 Å². The lowest BCUT2D eigenvalue weighted by atomic mass is 10.1. The van der Waals surface area contributed by atoms with Crippen molar-refractivity contribution in [3.05, 3.63) is 73.3 Å². The summed E-state index contributed by atoms with van der Waals surface area (Å²) in [5.41, 5.74) is 4.78. The lowest BCUT2D eigenvalue weighted by Crippen LogP contribution is -1.96. The van der Waals surface area contributed by atoms with Gasteiger partial charge in [-0.2, -0.15) is 0 Å². The van der Waals surface area contributed by atoms with Gasteiger partial charge in [0.25, 0.3) is 0 Å². The average Bonchev–Trinajstić information content (AvgIpc) is 3.05. The fourth-order valence-corrected chi connectivity index (χ4v) is 3.41. The van der Waals surface area contributed by atoms with E-state index >= 15 is 0 Å². The van der Waals surface area contributed by atoms with Crippen LogP contribution < -0.4 is 0 Å². The van der Waals surface area contributed by atoms with E-state index in [4.69, 9.17) is 0 Å². The maximum atomic E-state index is 11.6. The third-order valence-corrected chi connectivity index (χ3v) is 5.23. The standard InChI is InChI=1S/C19H15N3O2S/c1-25(23,24)17-5-2-15(3-6-17)18-12-21-19-7-4-16(13-22(18)19)14-8-10-20-11-9-14/h2-13H,1H3. The molecule has 0 fully saturated rings. The number of benzene rings is 1. The van der Waals surface area contributed by atoms with Gasteiger partial charge in [0.1, 0.15) is 5.65 Å². The first kappa shape index (κ1) is 15.5. The fourth-order valence-electron chi connectivity index (χ4n) is 2.78. The Bertz CT molecular complexity index is 1150. The van der Waals surface area contributed by atoms with E-state index in [2.05, 4.69) is 9.97 Å². The Morgan fingerprint density at radius 1 is 0.840 bits per heavy atom. The number of rotatable bonds is 3. The van der Waals surface area contributed by atoms with Gasteiger partial charge < -0.3 is 0 Å². The molecule has 3 aromatic heterocycles. The molecule has 0 spiro atoms. The molecular formula is C19H15N3O2S. The predicted molar refractivity (Wildman–Crippen MR) is 97.0 cm³/mol. The molecule has 0 saturated heterocycles. The zero-order valence-corrected chi connectivity index (χ0v) is 14.3. The summed E-state index contributed by atoms with van der Waals surface area (Å²) < 4.78 is 25.2. The van der Waals surface area contributed by atoms with Crippen LogP contribution in [0.5, 0.6) is 0 Å². The van der Waals surface area contributed by atoms with E-state index in [0.29, 0.717) is 4.90 Å². The summed E-state index contributed by atoms with van der Waals surface area (Å²) >= 11 is 0. The molecule has 6 heteroatoms. The van der Waals surface area contributed by atoms with E-state index in [1.165, 1.54) is 6.26 Å². The van der Waals surface area contributed by atoms with E-state index in [-0.39, 0.29) is 0 Å². The molecule has 5 nitrogen and oxygen atoms in total. The number of sulfone groups is 1. The molecule has 0 radical (unpaired) electrons. The topological polar surface area (TPSA) is 64.3 Å². The number of fused-ring (bicyclic) bond motifs is 1. The summed E-state index contributed by atoms with van der Waals surface area (Å²) in [4.78, 5) is 8.79. The second-order valence-electron chi connectivity index (χ2n) is 5.82. The SMILES string of the molecule is CS(=O)(=O)c1ccc(-c2cnc3ccc(-c4ccncc4)cn23)cc1. The highest BCUT2D eigenvalue weighted by molar-refractivity contribution is 7.90. The van der Waals surface area contributed by atoms with Crippen LogP contribution in [0, 0.1) is 0 Å². The maximum absolute atomic E-state index is 11.6. The molecule has 3 heterocycles. The third kappa shape index (κ3) is 2.92. The Morgan fingerprint density at radius 2 is 1.52 bits per heavy atom. The average molecular weight is 349 g/mol. The van der Waals surface area contributed by atoms with Crippen molar-refractivity contribution in [2.24, 2.45) is 0 Å². The molecule has 0 atom stereocenters. The van der Waals surface area contributed by atoms with Gasteiger partial charge in [-0.15, -0.1) is 0 Å². The van der Waals surface area contributed by atoms with Crippen LogP contribution in [0.4, 0.5) is 0 Å². The molecule has 0 bridgehead atoms. The van der Waals surface area contributed by atoms with Gasteiger partial charge in [0.2, 0.25) is 0 Å². The number of pyridine rings is 2. The molecule has 124 valence electrons. The van der Waals surface area contributed by atoms with Crippen molar-refractivity contribution >= 4 is 15.5 Å². The van der Waals surface area contributed by atoms with Crippen LogP contribution in [0.2, 0.25) is 0 Å². The molecular weight excluding hydrogens is 334 g/mol. The van der Waals surface area contributed by atoms with E-state index in [9.17, 15) is 8.42 Å². The van der Waals surface area contributed by atoms with E-state index in [1.807, 2.05) is 34.9 Å². The Labute approximate surface area is 145 Å². The van der Waals surface area contributed by atoms with Gasteiger partial charge in [-0.3, -0.25) is 9.38 Å². The summed E-state index contributed by atoms with van der Waals surface area (Å²) in [7, 11) is -3.20. The Kier molecular flexibility index (Phi) is 3.62. The van der Waals surface area contributed by atoms with E-state index < -0.39 is 9.84 Å². The van der Waals surface area contributed by atoms with Crippen LogP contribution in [-0.2, 0) is 9.84 Å². The zero-order chi connectivity index (χ0) is 17.4. The van der Waals surface area contributed by atoms with Crippen LogP contribution in [0.25, 0.3) is 28.0 Å². The molecule has 0 aliphatic rings. The van der Waals surface area contributed by atoms with Crippen LogP contribution in [0.1, 0.15) is 0 Å². The van der Waals surface area contributed by atoms with Gasteiger partial charge in [-0.05, 0) is 47.5 Å². The zero-order valence-electron chi connectivity index (χ0n) is 13.5. The maximum Gasteiger partial charge on any atom is 0.175 e. The van der Waals surface area contributed by atoms with Crippen molar-refractivity contribution in [2.75, 3.05) is 6.26 Å². The van der Waals surface area contributed by atoms with Crippen molar-refractivity contribution in [1.82, 2.24) is 14.4 Å². The molecule has 0 amide bonds.